The fourth-order valence-electron chi connectivity index (χ4n) is 6.11. The highest BCUT2D eigenvalue weighted by molar-refractivity contribution is 5.87. The molecule has 6 aromatic rings. The van der Waals surface area contributed by atoms with Crippen LogP contribution in [0.1, 0.15) is 35.6 Å². The normalized spacial score (nSPS) is 14.7. The van der Waals surface area contributed by atoms with Crippen LogP contribution in [0.15, 0.2) is 95.8 Å². The van der Waals surface area contributed by atoms with Gasteiger partial charge in [-0.25, -0.2) is 14.8 Å². The van der Waals surface area contributed by atoms with E-state index >= 15 is 0 Å². The monoisotopic (exact) mass is 539 g/mol. The van der Waals surface area contributed by atoms with E-state index in [0.717, 1.165) is 77.1 Å². The summed E-state index contributed by atoms with van der Waals surface area (Å²) in [6, 6.07) is 31.6. The highest BCUT2D eigenvalue weighted by Gasteiger charge is 2.23. The van der Waals surface area contributed by atoms with Gasteiger partial charge in [0.1, 0.15) is 0 Å². The molecule has 204 valence electrons. The van der Waals surface area contributed by atoms with Crippen LogP contribution in [0.3, 0.4) is 0 Å². The van der Waals surface area contributed by atoms with Gasteiger partial charge in [0.2, 0.25) is 0 Å². The maximum atomic E-state index is 12.7. The van der Waals surface area contributed by atoms with Crippen molar-refractivity contribution >= 4 is 22.1 Å². The summed E-state index contributed by atoms with van der Waals surface area (Å²) < 4.78 is 1.96. The zero-order valence-corrected chi connectivity index (χ0v) is 23.5. The van der Waals surface area contributed by atoms with Crippen LogP contribution in [0, 0.1) is 13.8 Å². The standard InChI is InChI=1S/C35H33N5O/c1-23-20-30-31(21-24(23)2)37-34(33(36-30)26-8-4-3-5-9-26)27-14-12-25(13-15-27)22-39-18-16-28(17-19-39)40-32-11-7-6-10-29(32)38-35(40)41/h3-15,20-21,28H,16-19,22H2,1-2H3,(H,38,41). The number of piperidine rings is 1. The molecule has 0 atom stereocenters. The zero-order chi connectivity index (χ0) is 27.9. The molecule has 4 aromatic carbocycles. The minimum Gasteiger partial charge on any atom is -0.306 e. The van der Waals surface area contributed by atoms with Crippen molar-refractivity contribution in [3.63, 3.8) is 0 Å². The van der Waals surface area contributed by atoms with Crippen molar-refractivity contribution in [2.75, 3.05) is 13.1 Å². The quantitative estimate of drug-likeness (QED) is 0.255. The van der Waals surface area contributed by atoms with Crippen molar-refractivity contribution in [2.24, 2.45) is 0 Å². The molecule has 6 nitrogen and oxygen atoms in total. The molecular weight excluding hydrogens is 506 g/mol. The zero-order valence-electron chi connectivity index (χ0n) is 23.5. The molecular formula is C35H33N5O. The number of benzene rings is 4. The van der Waals surface area contributed by atoms with E-state index in [1.54, 1.807) is 0 Å². The fraction of sp³-hybridized carbons (Fsp3) is 0.229. The molecule has 0 bridgehead atoms. The molecule has 1 N–H and O–H groups in total. The van der Waals surface area contributed by atoms with Gasteiger partial charge in [0.15, 0.2) is 0 Å². The van der Waals surface area contributed by atoms with Crippen LogP contribution < -0.4 is 5.69 Å². The third-order valence-electron chi connectivity index (χ3n) is 8.51. The van der Waals surface area contributed by atoms with Crippen molar-refractivity contribution in [1.82, 2.24) is 24.4 Å². The summed E-state index contributed by atoms with van der Waals surface area (Å²) in [6.07, 6.45) is 1.93. The van der Waals surface area contributed by atoms with Gasteiger partial charge >= 0.3 is 5.69 Å². The molecule has 1 aliphatic heterocycles. The van der Waals surface area contributed by atoms with Gasteiger partial charge in [-0.1, -0.05) is 66.7 Å². The van der Waals surface area contributed by atoms with E-state index < -0.39 is 0 Å². The molecule has 3 heterocycles. The second-order valence-corrected chi connectivity index (χ2v) is 11.2. The largest absolute Gasteiger partial charge is 0.326 e. The van der Waals surface area contributed by atoms with Crippen LogP contribution in [0.2, 0.25) is 0 Å². The van der Waals surface area contributed by atoms with Gasteiger partial charge < -0.3 is 4.98 Å². The third-order valence-corrected chi connectivity index (χ3v) is 8.51. The van der Waals surface area contributed by atoms with Crippen molar-refractivity contribution in [1.29, 1.82) is 0 Å². The Kier molecular flexibility index (Phi) is 6.48. The van der Waals surface area contributed by atoms with Gasteiger partial charge in [0.05, 0.1) is 33.5 Å². The summed E-state index contributed by atoms with van der Waals surface area (Å²) >= 11 is 0. The third kappa shape index (κ3) is 4.85. The van der Waals surface area contributed by atoms with Crippen LogP contribution in [-0.4, -0.2) is 37.5 Å². The Hall–Kier alpha value is -4.55. The lowest BCUT2D eigenvalue weighted by Crippen LogP contribution is -2.36. The van der Waals surface area contributed by atoms with Crippen molar-refractivity contribution in [3.8, 4) is 22.5 Å². The minimum atomic E-state index is -0.00260. The molecule has 0 unspecified atom stereocenters. The summed E-state index contributed by atoms with van der Waals surface area (Å²) in [4.78, 5) is 28.4. The molecule has 0 radical (unpaired) electrons. The number of hydrogen-bond acceptors (Lipinski definition) is 4. The predicted molar refractivity (Wildman–Crippen MR) is 166 cm³/mol. The molecule has 1 fully saturated rings. The average molecular weight is 540 g/mol. The number of H-pyrrole nitrogens is 1. The molecule has 41 heavy (non-hydrogen) atoms. The molecule has 2 aromatic heterocycles. The molecule has 1 aliphatic rings. The van der Waals surface area contributed by atoms with Gasteiger partial charge in [-0.2, -0.15) is 0 Å². The SMILES string of the molecule is Cc1cc2nc(-c3ccccc3)c(-c3ccc(CN4CCC(n5c(=O)[nH]c6ccccc65)CC4)cc3)nc2cc1C. The second kappa shape index (κ2) is 10.5. The molecule has 1 saturated heterocycles. The number of aryl methyl sites for hydroxylation is 2. The van der Waals surface area contributed by atoms with E-state index in [1.165, 1.54) is 16.7 Å². The molecule has 0 amide bonds. The predicted octanol–water partition coefficient (Wildman–Crippen LogP) is 7.06. The molecule has 6 heteroatoms. The number of likely N-dealkylation sites (tertiary alicyclic amines) is 1. The smallest absolute Gasteiger partial charge is 0.306 e. The summed E-state index contributed by atoms with van der Waals surface area (Å²) in [7, 11) is 0. The number of fused-ring (bicyclic) bond motifs is 2. The van der Waals surface area contributed by atoms with Crippen molar-refractivity contribution < 1.29 is 0 Å². The summed E-state index contributed by atoms with van der Waals surface area (Å²) in [5, 5.41) is 0. The highest BCUT2D eigenvalue weighted by Crippen LogP contribution is 2.32. The first-order valence-electron chi connectivity index (χ1n) is 14.4. The average Bonchev–Trinajstić information content (AvgIpc) is 3.34. The van der Waals surface area contributed by atoms with E-state index in [9.17, 15) is 4.79 Å². The lowest BCUT2D eigenvalue weighted by atomic mass is 10.0. The van der Waals surface area contributed by atoms with Crippen LogP contribution in [-0.2, 0) is 6.54 Å². The Morgan fingerprint density at radius 1 is 0.756 bits per heavy atom. The molecule has 0 aliphatic carbocycles. The highest BCUT2D eigenvalue weighted by atomic mass is 16.1. The summed E-state index contributed by atoms with van der Waals surface area (Å²) in [5.74, 6) is 0. The number of hydrogen-bond donors (Lipinski definition) is 1. The molecule has 7 rings (SSSR count). The van der Waals surface area contributed by atoms with Crippen LogP contribution >= 0.6 is 0 Å². The first kappa shape index (κ1) is 25.4. The van der Waals surface area contributed by atoms with Gasteiger partial charge in [0, 0.05) is 36.8 Å². The van der Waals surface area contributed by atoms with E-state index in [-0.39, 0.29) is 11.7 Å². The summed E-state index contributed by atoms with van der Waals surface area (Å²) in [5.41, 5.74) is 11.4. The van der Waals surface area contributed by atoms with E-state index in [1.807, 2.05) is 47.0 Å². The van der Waals surface area contributed by atoms with Crippen molar-refractivity contribution in [2.45, 2.75) is 39.3 Å². The van der Waals surface area contributed by atoms with Crippen LogP contribution in [0.25, 0.3) is 44.6 Å². The number of rotatable bonds is 5. The number of nitrogens with one attached hydrogen (secondary N) is 1. The number of aromatic amines is 1. The maximum absolute atomic E-state index is 12.7. The Labute approximate surface area is 239 Å². The van der Waals surface area contributed by atoms with E-state index in [2.05, 4.69) is 72.3 Å². The Morgan fingerprint density at radius 2 is 1.34 bits per heavy atom. The first-order chi connectivity index (χ1) is 20.0. The van der Waals surface area contributed by atoms with E-state index in [0.29, 0.717) is 0 Å². The maximum Gasteiger partial charge on any atom is 0.326 e. The Bertz CT molecular complexity index is 1910. The Morgan fingerprint density at radius 3 is 2.00 bits per heavy atom. The number of para-hydroxylation sites is 2. The van der Waals surface area contributed by atoms with Gasteiger partial charge in [-0.3, -0.25) is 9.47 Å². The second-order valence-electron chi connectivity index (χ2n) is 11.2. The topological polar surface area (TPSA) is 66.8 Å². The molecule has 0 saturated carbocycles. The fourth-order valence-corrected chi connectivity index (χ4v) is 6.11. The summed E-state index contributed by atoms with van der Waals surface area (Å²) in [6.45, 7) is 7.06. The van der Waals surface area contributed by atoms with Gasteiger partial charge in [0.25, 0.3) is 0 Å². The van der Waals surface area contributed by atoms with Gasteiger partial charge in [-0.05, 0) is 67.6 Å². The van der Waals surface area contributed by atoms with Crippen molar-refractivity contribution in [3.05, 3.63) is 118 Å². The molecule has 0 spiro atoms. The first-order valence-corrected chi connectivity index (χ1v) is 14.4. The minimum absolute atomic E-state index is 0.00260. The van der Waals surface area contributed by atoms with Crippen LogP contribution in [0.4, 0.5) is 0 Å². The lowest BCUT2D eigenvalue weighted by Gasteiger charge is -2.32. The number of nitrogens with zero attached hydrogens (tertiary/aromatic N) is 4. The van der Waals surface area contributed by atoms with Gasteiger partial charge in [-0.15, -0.1) is 0 Å². The lowest BCUT2D eigenvalue weighted by molar-refractivity contribution is 0.180. The Balaban J connectivity index is 1.12. The number of aromatic nitrogens is 4. The number of imidazole rings is 1. The van der Waals surface area contributed by atoms with E-state index in [4.69, 9.17) is 9.97 Å². The van der Waals surface area contributed by atoms with Crippen LogP contribution in [0.5, 0.6) is 0 Å².